The summed E-state index contributed by atoms with van der Waals surface area (Å²) in [6.45, 7) is 3.84. The molecule has 100 valence electrons. The normalized spacial score (nSPS) is 13.4. The van der Waals surface area contributed by atoms with E-state index in [2.05, 4.69) is 43.5 Å². The number of nitrogens with one attached hydrogen (secondary N) is 1. The molecule has 1 aliphatic heterocycles. The van der Waals surface area contributed by atoms with Crippen molar-refractivity contribution < 1.29 is 9.26 Å². The fraction of sp³-hybridized carbons (Fsp3) is 0.385. The van der Waals surface area contributed by atoms with Crippen molar-refractivity contribution in [2.75, 3.05) is 6.61 Å². The molecule has 0 radical (unpaired) electrons. The molecular formula is C13H14BrN3O2. The molecule has 0 fully saturated rings. The molecule has 0 saturated heterocycles. The number of aryl methyl sites for hydroxylation is 1. The van der Waals surface area contributed by atoms with Gasteiger partial charge in [0.05, 0.1) is 13.2 Å². The molecule has 5 nitrogen and oxygen atoms in total. The Hall–Kier alpha value is -1.40. The van der Waals surface area contributed by atoms with Crippen molar-refractivity contribution in [1.82, 2.24) is 15.5 Å². The van der Waals surface area contributed by atoms with Crippen molar-refractivity contribution in [2.45, 2.75) is 26.4 Å². The van der Waals surface area contributed by atoms with Gasteiger partial charge >= 0.3 is 0 Å². The Bertz CT molecular complexity index is 598. The van der Waals surface area contributed by atoms with Crippen LogP contribution >= 0.6 is 15.9 Å². The molecule has 2 aromatic rings. The van der Waals surface area contributed by atoms with Crippen molar-refractivity contribution in [3.05, 3.63) is 39.4 Å². The maximum atomic E-state index is 5.68. The molecule has 19 heavy (non-hydrogen) atoms. The Labute approximate surface area is 119 Å². The predicted octanol–water partition coefficient (Wildman–Crippen LogP) is 2.37. The van der Waals surface area contributed by atoms with Crippen molar-refractivity contribution in [1.29, 1.82) is 0 Å². The zero-order chi connectivity index (χ0) is 13.2. The van der Waals surface area contributed by atoms with Gasteiger partial charge < -0.3 is 14.6 Å². The third-order valence-corrected chi connectivity index (χ3v) is 3.44. The first kappa shape index (κ1) is 12.6. The Kier molecular flexibility index (Phi) is 3.52. The minimum atomic E-state index is 0.558. The molecular weight excluding hydrogens is 310 g/mol. The van der Waals surface area contributed by atoms with Gasteiger partial charge in [0.15, 0.2) is 5.82 Å². The van der Waals surface area contributed by atoms with E-state index in [1.165, 1.54) is 5.56 Å². The monoisotopic (exact) mass is 323 g/mol. The molecule has 0 aliphatic carbocycles. The number of hydrogen-bond acceptors (Lipinski definition) is 5. The van der Waals surface area contributed by atoms with E-state index in [0.29, 0.717) is 24.8 Å². The Morgan fingerprint density at radius 2 is 2.26 bits per heavy atom. The summed E-state index contributed by atoms with van der Waals surface area (Å²) in [4.78, 5) is 4.15. The lowest BCUT2D eigenvalue weighted by Crippen LogP contribution is -2.13. The molecule has 1 aliphatic rings. The maximum Gasteiger partial charge on any atom is 0.240 e. The lowest BCUT2D eigenvalue weighted by Gasteiger charge is -2.09. The van der Waals surface area contributed by atoms with E-state index in [4.69, 9.17) is 9.26 Å². The van der Waals surface area contributed by atoms with Crippen LogP contribution in [0.2, 0.25) is 0 Å². The summed E-state index contributed by atoms with van der Waals surface area (Å²) < 4.78 is 11.8. The van der Waals surface area contributed by atoms with Crippen LogP contribution in [0, 0.1) is 6.92 Å². The van der Waals surface area contributed by atoms with Gasteiger partial charge in [0.25, 0.3) is 0 Å². The van der Waals surface area contributed by atoms with Crippen molar-refractivity contribution in [2.24, 2.45) is 0 Å². The number of aromatic nitrogens is 2. The van der Waals surface area contributed by atoms with E-state index in [1.807, 2.05) is 6.92 Å². The van der Waals surface area contributed by atoms with Crippen LogP contribution in [0.25, 0.3) is 0 Å². The second-order valence-electron chi connectivity index (χ2n) is 4.49. The molecule has 2 heterocycles. The third-order valence-electron chi connectivity index (χ3n) is 2.99. The summed E-state index contributed by atoms with van der Waals surface area (Å²) in [5, 5.41) is 7.05. The zero-order valence-electron chi connectivity index (χ0n) is 10.6. The Morgan fingerprint density at radius 3 is 3.05 bits per heavy atom. The van der Waals surface area contributed by atoms with E-state index in [9.17, 15) is 0 Å². The standard InChI is InChI=1S/C13H14BrN3O2/c1-8-16-12(19-17-8)7-15-6-10-5-11(14)4-9-2-3-18-13(9)10/h4-5,15H,2-3,6-7H2,1H3. The summed E-state index contributed by atoms with van der Waals surface area (Å²) in [5.74, 6) is 2.27. The lowest BCUT2D eigenvalue weighted by molar-refractivity contribution is 0.349. The van der Waals surface area contributed by atoms with Gasteiger partial charge in [-0.05, 0) is 24.6 Å². The van der Waals surface area contributed by atoms with Gasteiger partial charge in [-0.1, -0.05) is 21.1 Å². The van der Waals surface area contributed by atoms with Crippen LogP contribution in [0.3, 0.4) is 0 Å². The quantitative estimate of drug-likeness (QED) is 0.936. The first-order valence-corrected chi connectivity index (χ1v) is 6.95. The van der Waals surface area contributed by atoms with Gasteiger partial charge in [-0.3, -0.25) is 0 Å². The Balaban J connectivity index is 1.67. The van der Waals surface area contributed by atoms with E-state index < -0.39 is 0 Å². The SMILES string of the molecule is Cc1noc(CNCc2cc(Br)cc3c2OCC3)n1. The summed E-state index contributed by atoms with van der Waals surface area (Å²) >= 11 is 3.53. The molecule has 0 atom stereocenters. The molecule has 3 rings (SSSR count). The van der Waals surface area contributed by atoms with Gasteiger partial charge in [0.2, 0.25) is 5.89 Å². The van der Waals surface area contributed by atoms with E-state index in [-0.39, 0.29) is 0 Å². The molecule has 0 spiro atoms. The van der Waals surface area contributed by atoms with E-state index in [1.54, 1.807) is 0 Å². The summed E-state index contributed by atoms with van der Waals surface area (Å²) in [6, 6.07) is 4.20. The second kappa shape index (κ2) is 5.30. The van der Waals surface area contributed by atoms with Crippen LogP contribution in [-0.2, 0) is 19.5 Å². The molecule has 6 heteroatoms. The Morgan fingerprint density at radius 1 is 1.37 bits per heavy atom. The minimum absolute atomic E-state index is 0.558. The summed E-state index contributed by atoms with van der Waals surface area (Å²) in [7, 11) is 0. The van der Waals surface area contributed by atoms with Crippen LogP contribution in [0.5, 0.6) is 5.75 Å². The van der Waals surface area contributed by atoms with Crippen molar-refractivity contribution in [3.8, 4) is 5.75 Å². The largest absolute Gasteiger partial charge is 0.493 e. The topological polar surface area (TPSA) is 60.2 Å². The van der Waals surface area contributed by atoms with Crippen molar-refractivity contribution in [3.63, 3.8) is 0 Å². The average Bonchev–Trinajstić information content (AvgIpc) is 2.98. The molecule has 1 aromatic carbocycles. The van der Waals surface area contributed by atoms with Gasteiger partial charge in [-0.25, -0.2) is 0 Å². The van der Waals surface area contributed by atoms with E-state index >= 15 is 0 Å². The predicted molar refractivity (Wildman–Crippen MR) is 72.9 cm³/mol. The second-order valence-corrected chi connectivity index (χ2v) is 5.41. The van der Waals surface area contributed by atoms with Crippen LogP contribution in [0.15, 0.2) is 21.1 Å². The fourth-order valence-corrected chi connectivity index (χ4v) is 2.75. The highest BCUT2D eigenvalue weighted by molar-refractivity contribution is 9.10. The number of fused-ring (bicyclic) bond motifs is 1. The van der Waals surface area contributed by atoms with Gasteiger partial charge in [-0.2, -0.15) is 4.98 Å². The third kappa shape index (κ3) is 2.79. The van der Waals surface area contributed by atoms with E-state index in [0.717, 1.165) is 28.8 Å². The number of hydrogen-bond donors (Lipinski definition) is 1. The zero-order valence-corrected chi connectivity index (χ0v) is 12.2. The molecule has 0 amide bonds. The summed E-state index contributed by atoms with van der Waals surface area (Å²) in [5.41, 5.74) is 2.41. The number of rotatable bonds is 4. The van der Waals surface area contributed by atoms with Gasteiger partial charge in [0, 0.05) is 23.0 Å². The fourth-order valence-electron chi connectivity index (χ4n) is 2.19. The molecule has 0 unspecified atom stereocenters. The minimum Gasteiger partial charge on any atom is -0.493 e. The average molecular weight is 324 g/mol. The van der Waals surface area contributed by atoms with Crippen molar-refractivity contribution >= 4 is 15.9 Å². The summed E-state index contributed by atoms with van der Waals surface area (Å²) in [6.07, 6.45) is 0.977. The lowest BCUT2D eigenvalue weighted by atomic mass is 10.1. The highest BCUT2D eigenvalue weighted by atomic mass is 79.9. The van der Waals surface area contributed by atoms with Crippen LogP contribution in [-0.4, -0.2) is 16.7 Å². The van der Waals surface area contributed by atoms with Gasteiger partial charge in [0.1, 0.15) is 5.75 Å². The number of ether oxygens (including phenoxy) is 1. The number of halogens is 1. The first-order chi connectivity index (χ1) is 9.22. The molecule has 1 aromatic heterocycles. The number of benzene rings is 1. The molecule has 0 saturated carbocycles. The van der Waals surface area contributed by atoms with Crippen LogP contribution in [0.4, 0.5) is 0 Å². The van der Waals surface area contributed by atoms with Gasteiger partial charge in [-0.15, -0.1) is 0 Å². The first-order valence-electron chi connectivity index (χ1n) is 6.16. The molecule has 1 N–H and O–H groups in total. The van der Waals surface area contributed by atoms with Crippen LogP contribution < -0.4 is 10.1 Å². The smallest absolute Gasteiger partial charge is 0.240 e. The number of nitrogens with zero attached hydrogens (tertiary/aromatic N) is 2. The van der Waals surface area contributed by atoms with Crippen LogP contribution in [0.1, 0.15) is 22.8 Å². The maximum absolute atomic E-state index is 5.68. The highest BCUT2D eigenvalue weighted by Gasteiger charge is 2.17. The molecule has 0 bridgehead atoms. The highest BCUT2D eigenvalue weighted by Crippen LogP contribution is 2.32.